The molecule has 1 aromatic carbocycles. The molecule has 0 spiro atoms. The van der Waals surface area contributed by atoms with Gasteiger partial charge >= 0.3 is 0 Å². The summed E-state index contributed by atoms with van der Waals surface area (Å²) in [6.45, 7) is 8.20. The fourth-order valence-corrected chi connectivity index (χ4v) is 3.08. The van der Waals surface area contributed by atoms with Crippen molar-refractivity contribution in [3.05, 3.63) is 27.3 Å². The van der Waals surface area contributed by atoms with Gasteiger partial charge in [0, 0.05) is 28.4 Å². The lowest BCUT2D eigenvalue weighted by molar-refractivity contribution is 0.219. The van der Waals surface area contributed by atoms with Gasteiger partial charge in [-0.25, -0.2) is 0 Å². The van der Waals surface area contributed by atoms with Crippen LogP contribution in [0, 0.1) is 10.5 Å². The molecule has 0 aromatic heterocycles. The second kappa shape index (κ2) is 6.75. The number of benzene rings is 1. The molecule has 1 N–H and O–H groups in total. The Hall–Kier alpha value is -0.290. The first-order valence-corrected chi connectivity index (χ1v) is 8.02. The third kappa shape index (κ3) is 3.85. The molecule has 1 aromatic rings. The molecule has 0 amide bonds. The van der Waals surface area contributed by atoms with E-state index >= 15 is 0 Å². The molecule has 0 saturated carbocycles. The molecule has 100 valence electrons. The van der Waals surface area contributed by atoms with Gasteiger partial charge in [0.25, 0.3) is 0 Å². The second-order valence-electron chi connectivity index (χ2n) is 5.22. The summed E-state index contributed by atoms with van der Waals surface area (Å²) in [7, 11) is 0. The number of piperidine rings is 1. The molecule has 2 rings (SSSR count). The average Bonchev–Trinajstić information content (AvgIpc) is 2.37. The zero-order valence-corrected chi connectivity index (χ0v) is 13.5. The monoisotopic (exact) mass is 358 g/mol. The Balaban J connectivity index is 1.89. The number of aryl methyl sites for hydroxylation is 1. The number of nitrogens with zero attached hydrogens (tertiary/aromatic N) is 1. The van der Waals surface area contributed by atoms with Crippen molar-refractivity contribution < 1.29 is 0 Å². The van der Waals surface area contributed by atoms with Gasteiger partial charge in [-0.1, -0.05) is 13.0 Å². The van der Waals surface area contributed by atoms with Crippen LogP contribution in [-0.2, 0) is 0 Å². The Morgan fingerprint density at radius 3 is 2.72 bits per heavy atom. The molecule has 1 heterocycles. The molecular weight excluding hydrogens is 335 g/mol. The predicted octanol–water partition coefficient (Wildman–Crippen LogP) is 3.89. The molecule has 18 heavy (non-hydrogen) atoms. The first kappa shape index (κ1) is 14.1. The molecule has 0 unspecified atom stereocenters. The van der Waals surface area contributed by atoms with Crippen molar-refractivity contribution in [1.29, 1.82) is 0 Å². The summed E-state index contributed by atoms with van der Waals surface area (Å²) >= 11 is 2.38. The molecule has 0 bridgehead atoms. The lowest BCUT2D eigenvalue weighted by Gasteiger charge is -2.33. The van der Waals surface area contributed by atoms with Crippen LogP contribution in [0.25, 0.3) is 0 Å². The maximum atomic E-state index is 3.72. The first-order chi connectivity index (χ1) is 8.69. The summed E-state index contributed by atoms with van der Waals surface area (Å²) in [5, 5.41) is 3.72. The number of nitrogens with one attached hydrogen (secondary N) is 1. The predicted molar refractivity (Wildman–Crippen MR) is 87.3 cm³/mol. The Morgan fingerprint density at radius 1 is 1.33 bits per heavy atom. The van der Waals surface area contributed by atoms with Crippen molar-refractivity contribution in [3.8, 4) is 0 Å². The fourth-order valence-electron chi connectivity index (χ4n) is 2.59. The van der Waals surface area contributed by atoms with Crippen molar-refractivity contribution in [2.45, 2.75) is 39.2 Å². The minimum Gasteiger partial charge on any atom is -0.382 e. The van der Waals surface area contributed by atoms with Crippen LogP contribution >= 0.6 is 22.6 Å². The molecule has 0 radical (unpaired) electrons. The highest BCUT2D eigenvalue weighted by Gasteiger charge is 2.18. The zero-order chi connectivity index (χ0) is 13.0. The minimum absolute atomic E-state index is 0.648. The van der Waals surface area contributed by atoms with E-state index in [2.05, 4.69) is 64.9 Å². The number of hydrogen-bond acceptors (Lipinski definition) is 2. The third-order valence-corrected chi connectivity index (χ3v) is 4.36. The van der Waals surface area contributed by atoms with Crippen LogP contribution in [-0.4, -0.2) is 30.6 Å². The van der Waals surface area contributed by atoms with E-state index in [0.29, 0.717) is 6.04 Å². The number of anilines is 1. The summed E-state index contributed by atoms with van der Waals surface area (Å²) in [5.41, 5.74) is 2.67. The minimum atomic E-state index is 0.648. The second-order valence-corrected chi connectivity index (χ2v) is 6.47. The maximum absolute atomic E-state index is 3.72. The van der Waals surface area contributed by atoms with Crippen LogP contribution in [0.4, 0.5) is 5.69 Å². The maximum Gasteiger partial charge on any atom is 0.0382 e. The Morgan fingerprint density at radius 2 is 2.06 bits per heavy atom. The normalized spacial score (nSPS) is 17.9. The quantitative estimate of drug-likeness (QED) is 0.822. The van der Waals surface area contributed by atoms with Gasteiger partial charge < -0.3 is 10.2 Å². The molecule has 1 fully saturated rings. The van der Waals surface area contributed by atoms with E-state index < -0.39 is 0 Å². The molecular formula is C15H23IN2. The lowest BCUT2D eigenvalue weighted by Crippen LogP contribution is -2.39. The van der Waals surface area contributed by atoms with Crippen LogP contribution in [0.3, 0.4) is 0 Å². The van der Waals surface area contributed by atoms with Crippen LogP contribution in [0.2, 0.25) is 0 Å². The number of hydrogen-bond donors (Lipinski definition) is 1. The highest BCUT2D eigenvalue weighted by molar-refractivity contribution is 14.1. The van der Waals surface area contributed by atoms with Crippen LogP contribution in [0.5, 0.6) is 0 Å². The van der Waals surface area contributed by atoms with E-state index in [4.69, 9.17) is 0 Å². The van der Waals surface area contributed by atoms with Gasteiger partial charge in [0.2, 0.25) is 0 Å². The van der Waals surface area contributed by atoms with E-state index in [-0.39, 0.29) is 0 Å². The van der Waals surface area contributed by atoms with E-state index in [9.17, 15) is 0 Å². The van der Waals surface area contributed by atoms with E-state index in [1.165, 1.54) is 53.7 Å². The molecule has 0 aliphatic carbocycles. The number of rotatable bonds is 4. The van der Waals surface area contributed by atoms with E-state index in [1.54, 1.807) is 0 Å². The van der Waals surface area contributed by atoms with Crippen LogP contribution in [0.15, 0.2) is 18.2 Å². The highest BCUT2D eigenvalue weighted by atomic mass is 127. The van der Waals surface area contributed by atoms with Gasteiger partial charge in [0.15, 0.2) is 0 Å². The van der Waals surface area contributed by atoms with Crippen LogP contribution < -0.4 is 5.32 Å². The summed E-state index contributed by atoms with van der Waals surface area (Å²) in [6, 6.07) is 7.28. The van der Waals surface area contributed by atoms with Crippen LogP contribution in [0.1, 0.15) is 31.7 Å². The van der Waals surface area contributed by atoms with Gasteiger partial charge in [-0.15, -0.1) is 0 Å². The summed E-state index contributed by atoms with van der Waals surface area (Å²) in [5.74, 6) is 0. The first-order valence-electron chi connectivity index (χ1n) is 6.94. The highest BCUT2D eigenvalue weighted by Crippen LogP contribution is 2.22. The summed E-state index contributed by atoms with van der Waals surface area (Å²) in [6.07, 6.45) is 3.81. The van der Waals surface area contributed by atoms with Gasteiger partial charge in [0.05, 0.1) is 0 Å². The molecule has 3 heteroatoms. The smallest absolute Gasteiger partial charge is 0.0382 e. The van der Waals surface area contributed by atoms with Gasteiger partial charge in [0.1, 0.15) is 0 Å². The molecule has 2 nitrogen and oxygen atoms in total. The lowest BCUT2D eigenvalue weighted by atomic mass is 10.0. The van der Waals surface area contributed by atoms with Gasteiger partial charge in [-0.05, 0) is 73.0 Å². The summed E-state index contributed by atoms with van der Waals surface area (Å²) in [4.78, 5) is 2.58. The molecule has 1 saturated heterocycles. The molecule has 1 aliphatic rings. The Labute approximate surface area is 124 Å². The van der Waals surface area contributed by atoms with Gasteiger partial charge in [-0.2, -0.15) is 0 Å². The van der Waals surface area contributed by atoms with Crippen molar-refractivity contribution in [2.75, 3.05) is 25.0 Å². The Bertz CT molecular complexity index is 384. The zero-order valence-electron chi connectivity index (χ0n) is 11.4. The number of halogens is 1. The third-order valence-electron chi connectivity index (χ3n) is 3.69. The topological polar surface area (TPSA) is 15.3 Å². The molecule has 1 aliphatic heterocycles. The largest absolute Gasteiger partial charge is 0.382 e. The standard InChI is InChI=1S/C15H23IN2/c1-3-8-18-9-6-14(7-10-18)17-15-11-13(16)5-4-12(15)2/h4-5,11,14,17H,3,6-10H2,1-2H3. The fraction of sp³-hybridized carbons (Fsp3) is 0.600. The van der Waals surface area contributed by atoms with Gasteiger partial charge in [-0.3, -0.25) is 0 Å². The van der Waals surface area contributed by atoms with Crippen molar-refractivity contribution in [2.24, 2.45) is 0 Å². The van der Waals surface area contributed by atoms with E-state index in [1.807, 2.05) is 0 Å². The molecule has 0 atom stereocenters. The summed E-state index contributed by atoms with van der Waals surface area (Å²) < 4.78 is 1.31. The van der Waals surface area contributed by atoms with Crippen molar-refractivity contribution >= 4 is 28.3 Å². The average molecular weight is 358 g/mol. The SMILES string of the molecule is CCCN1CCC(Nc2cc(I)ccc2C)CC1. The van der Waals surface area contributed by atoms with Crippen molar-refractivity contribution in [3.63, 3.8) is 0 Å². The number of likely N-dealkylation sites (tertiary alicyclic amines) is 1. The van der Waals surface area contributed by atoms with Crippen molar-refractivity contribution in [1.82, 2.24) is 4.90 Å². The van der Waals surface area contributed by atoms with E-state index in [0.717, 1.165) is 0 Å². The Kier molecular flexibility index (Phi) is 5.30.